The molecule has 5 aromatic carbocycles. The minimum absolute atomic E-state index is 0.851. The Balaban J connectivity index is 1.41. The van der Waals surface area contributed by atoms with Gasteiger partial charge >= 0.3 is 0 Å². The molecule has 4 heteroatoms. The summed E-state index contributed by atoms with van der Waals surface area (Å²) in [5, 5.41) is 9.42. The molecule has 0 amide bonds. The van der Waals surface area contributed by atoms with E-state index in [1.54, 1.807) is 4.80 Å². The molecular formula is C31H24N4. The Morgan fingerprint density at radius 3 is 1.74 bits per heavy atom. The van der Waals surface area contributed by atoms with E-state index in [0.29, 0.717) is 0 Å². The number of rotatable bonds is 5. The fourth-order valence-electron chi connectivity index (χ4n) is 4.29. The largest absolute Gasteiger partial charge is 0.310 e. The topological polar surface area (TPSA) is 34.0 Å². The van der Waals surface area contributed by atoms with E-state index in [9.17, 15) is 0 Å². The average Bonchev–Trinajstić information content (AvgIpc) is 3.35. The lowest BCUT2D eigenvalue weighted by Crippen LogP contribution is -2.09. The molecule has 1 heterocycles. The Labute approximate surface area is 204 Å². The highest BCUT2D eigenvalue weighted by Gasteiger charge is 2.15. The van der Waals surface area contributed by atoms with Crippen LogP contribution < -0.4 is 4.90 Å². The molecule has 0 aliphatic heterocycles. The van der Waals surface area contributed by atoms with Crippen LogP contribution in [0.3, 0.4) is 0 Å². The number of aromatic nitrogens is 3. The van der Waals surface area contributed by atoms with Gasteiger partial charge in [-0.15, -0.1) is 10.2 Å². The van der Waals surface area contributed by atoms with E-state index < -0.39 is 0 Å². The molecule has 0 radical (unpaired) electrons. The smallest absolute Gasteiger partial charge is 0.115 e. The number of nitrogens with zero attached hydrogens (tertiary/aromatic N) is 4. The minimum Gasteiger partial charge on any atom is -0.310 e. The van der Waals surface area contributed by atoms with Gasteiger partial charge in [-0.05, 0) is 72.6 Å². The second-order valence-corrected chi connectivity index (χ2v) is 8.58. The Bertz CT molecular complexity index is 1570. The predicted molar refractivity (Wildman–Crippen MR) is 144 cm³/mol. The summed E-state index contributed by atoms with van der Waals surface area (Å²) in [6.07, 6.45) is 0. The van der Waals surface area contributed by atoms with E-state index in [0.717, 1.165) is 33.8 Å². The molecule has 0 fully saturated rings. The van der Waals surface area contributed by atoms with Crippen molar-refractivity contribution in [1.29, 1.82) is 0 Å². The first-order valence-electron chi connectivity index (χ1n) is 11.7. The highest BCUT2D eigenvalue weighted by Crippen LogP contribution is 2.36. The molecule has 0 atom stereocenters. The van der Waals surface area contributed by atoms with E-state index >= 15 is 0 Å². The van der Waals surface area contributed by atoms with Crippen molar-refractivity contribution in [1.82, 2.24) is 15.0 Å². The molecule has 1 aromatic heterocycles. The summed E-state index contributed by atoms with van der Waals surface area (Å²) in [6, 6.07) is 44.0. The van der Waals surface area contributed by atoms with Crippen LogP contribution in [0, 0.1) is 6.92 Å². The maximum absolute atomic E-state index is 4.75. The molecule has 4 nitrogen and oxygen atoms in total. The van der Waals surface area contributed by atoms with Crippen molar-refractivity contribution < 1.29 is 0 Å². The van der Waals surface area contributed by atoms with Gasteiger partial charge in [0, 0.05) is 17.1 Å². The molecular weight excluding hydrogens is 428 g/mol. The minimum atomic E-state index is 0.851. The lowest BCUT2D eigenvalue weighted by Gasteiger charge is -2.25. The second-order valence-electron chi connectivity index (χ2n) is 8.58. The maximum atomic E-state index is 4.75. The van der Waals surface area contributed by atoms with Gasteiger partial charge in [-0.1, -0.05) is 78.4 Å². The van der Waals surface area contributed by atoms with Gasteiger partial charge < -0.3 is 4.90 Å². The first-order valence-corrected chi connectivity index (χ1v) is 11.7. The average molecular weight is 453 g/mol. The molecule has 168 valence electrons. The third-order valence-electron chi connectivity index (χ3n) is 6.13. The fourth-order valence-corrected chi connectivity index (χ4v) is 4.29. The van der Waals surface area contributed by atoms with Crippen molar-refractivity contribution in [2.24, 2.45) is 0 Å². The monoisotopic (exact) mass is 452 g/mol. The molecule has 35 heavy (non-hydrogen) atoms. The van der Waals surface area contributed by atoms with Crippen molar-refractivity contribution in [3.8, 4) is 16.8 Å². The molecule has 6 aromatic rings. The van der Waals surface area contributed by atoms with Gasteiger partial charge in [0.05, 0.1) is 5.69 Å². The SMILES string of the molecule is Cc1ccc(-c2ccc(N(c3ccccc3)c3ccc4nn(-c5ccccc5)nc4c3)cc2)cc1. The van der Waals surface area contributed by atoms with Crippen molar-refractivity contribution >= 4 is 28.1 Å². The lowest BCUT2D eigenvalue weighted by atomic mass is 10.0. The third kappa shape index (κ3) is 4.18. The van der Waals surface area contributed by atoms with Crippen LogP contribution in [-0.4, -0.2) is 15.0 Å². The third-order valence-corrected chi connectivity index (χ3v) is 6.13. The molecule has 0 aliphatic carbocycles. The highest BCUT2D eigenvalue weighted by molar-refractivity contribution is 5.85. The van der Waals surface area contributed by atoms with Gasteiger partial charge in [0.1, 0.15) is 11.0 Å². The Hall–Kier alpha value is -4.70. The number of hydrogen-bond acceptors (Lipinski definition) is 3. The van der Waals surface area contributed by atoms with Crippen molar-refractivity contribution in [3.63, 3.8) is 0 Å². The zero-order valence-electron chi connectivity index (χ0n) is 19.4. The van der Waals surface area contributed by atoms with Gasteiger partial charge in [0.15, 0.2) is 0 Å². The van der Waals surface area contributed by atoms with Crippen molar-refractivity contribution in [2.75, 3.05) is 4.90 Å². The summed E-state index contributed by atoms with van der Waals surface area (Å²) >= 11 is 0. The number of hydrogen-bond donors (Lipinski definition) is 0. The van der Waals surface area contributed by atoms with Crippen LogP contribution in [0.4, 0.5) is 17.1 Å². The number of para-hydroxylation sites is 2. The van der Waals surface area contributed by atoms with Crippen LogP contribution in [0.1, 0.15) is 5.56 Å². The highest BCUT2D eigenvalue weighted by atomic mass is 15.5. The van der Waals surface area contributed by atoms with Gasteiger partial charge in [-0.3, -0.25) is 0 Å². The Morgan fingerprint density at radius 2 is 1.06 bits per heavy atom. The van der Waals surface area contributed by atoms with Gasteiger partial charge in [-0.2, -0.15) is 4.80 Å². The van der Waals surface area contributed by atoms with Crippen LogP contribution in [0.25, 0.3) is 27.8 Å². The summed E-state index contributed by atoms with van der Waals surface area (Å²) in [6.45, 7) is 2.11. The summed E-state index contributed by atoms with van der Waals surface area (Å²) in [4.78, 5) is 3.94. The number of fused-ring (bicyclic) bond motifs is 1. The van der Waals surface area contributed by atoms with Crippen molar-refractivity contribution in [2.45, 2.75) is 6.92 Å². The first kappa shape index (κ1) is 20.9. The molecule has 0 saturated heterocycles. The normalized spacial score (nSPS) is 11.0. The van der Waals surface area contributed by atoms with Crippen molar-refractivity contribution in [3.05, 3.63) is 133 Å². The van der Waals surface area contributed by atoms with E-state index in [1.807, 2.05) is 42.5 Å². The van der Waals surface area contributed by atoms with E-state index in [4.69, 9.17) is 5.10 Å². The Morgan fingerprint density at radius 1 is 0.514 bits per heavy atom. The molecule has 0 saturated carbocycles. The molecule has 6 rings (SSSR count). The summed E-state index contributed by atoms with van der Waals surface area (Å²) in [7, 11) is 0. The van der Waals surface area contributed by atoms with Gasteiger partial charge in [0.2, 0.25) is 0 Å². The zero-order chi connectivity index (χ0) is 23.6. The van der Waals surface area contributed by atoms with E-state index in [1.165, 1.54) is 16.7 Å². The van der Waals surface area contributed by atoms with Crippen LogP contribution in [0.15, 0.2) is 127 Å². The fraction of sp³-hybridized carbons (Fsp3) is 0.0323. The van der Waals surface area contributed by atoms with Crippen LogP contribution in [0.2, 0.25) is 0 Å². The number of benzene rings is 5. The summed E-state index contributed by atoms with van der Waals surface area (Å²) in [5.74, 6) is 0. The molecule has 0 bridgehead atoms. The zero-order valence-corrected chi connectivity index (χ0v) is 19.4. The second kappa shape index (κ2) is 8.92. The predicted octanol–water partition coefficient (Wildman–Crippen LogP) is 7.87. The molecule has 0 unspecified atom stereocenters. The quantitative estimate of drug-likeness (QED) is 0.267. The summed E-state index contributed by atoms with van der Waals surface area (Å²) < 4.78 is 0. The molecule has 0 N–H and O–H groups in total. The molecule has 0 spiro atoms. The van der Waals surface area contributed by atoms with Gasteiger partial charge in [0.25, 0.3) is 0 Å². The van der Waals surface area contributed by atoms with Gasteiger partial charge in [-0.25, -0.2) is 0 Å². The first-order chi connectivity index (χ1) is 17.2. The number of anilines is 3. The number of aryl methyl sites for hydroxylation is 1. The van der Waals surface area contributed by atoms with E-state index in [-0.39, 0.29) is 0 Å². The lowest BCUT2D eigenvalue weighted by molar-refractivity contribution is 0.766. The Kier molecular flexibility index (Phi) is 5.32. The summed E-state index contributed by atoms with van der Waals surface area (Å²) in [5.41, 5.74) is 9.54. The standard InChI is InChI=1S/C31H24N4/c1-23-12-14-24(15-13-23)25-16-18-27(19-17-25)34(26-8-4-2-5-9-26)29-20-21-30-31(22-29)33-35(32-30)28-10-6-3-7-11-28/h2-22H,1H3. The van der Waals surface area contributed by atoms with E-state index in [2.05, 4.69) is 102 Å². The van der Waals surface area contributed by atoms with Crippen LogP contribution >= 0.6 is 0 Å². The van der Waals surface area contributed by atoms with Crippen LogP contribution in [-0.2, 0) is 0 Å². The molecule has 0 aliphatic rings. The maximum Gasteiger partial charge on any atom is 0.115 e. The van der Waals surface area contributed by atoms with Crippen LogP contribution in [0.5, 0.6) is 0 Å².